The van der Waals surface area contributed by atoms with Crippen LogP contribution in [0.15, 0.2) is 47.5 Å². The largest absolute Gasteiger partial charge is 0.497 e. The van der Waals surface area contributed by atoms with Gasteiger partial charge in [0.05, 0.1) is 18.8 Å². The molecule has 0 radical (unpaired) electrons. The van der Waals surface area contributed by atoms with Crippen molar-refractivity contribution in [1.29, 1.82) is 0 Å². The van der Waals surface area contributed by atoms with Gasteiger partial charge in [0.15, 0.2) is 0 Å². The zero-order chi connectivity index (χ0) is 19.3. The summed E-state index contributed by atoms with van der Waals surface area (Å²) in [5, 5.41) is 10.3. The molecule has 0 aliphatic heterocycles. The molecule has 8 heteroatoms. The molecule has 0 aliphatic carbocycles. The normalized spacial score (nSPS) is 13.5. The first kappa shape index (κ1) is 19.6. The molecule has 0 saturated heterocycles. The van der Waals surface area contributed by atoms with Gasteiger partial charge in [-0.15, -0.1) is 0 Å². The lowest BCUT2D eigenvalue weighted by Crippen LogP contribution is -2.15. The molecule has 0 fully saturated rings. The fraction of sp³-hybridized carbons (Fsp3) is 0.278. The fourth-order valence-corrected chi connectivity index (χ4v) is 2.35. The van der Waals surface area contributed by atoms with E-state index in [9.17, 15) is 18.3 Å². The molecule has 26 heavy (non-hydrogen) atoms. The molecule has 1 atom stereocenters. The summed E-state index contributed by atoms with van der Waals surface area (Å²) in [4.78, 5) is 4.11. The Morgan fingerprint density at radius 3 is 2.42 bits per heavy atom. The summed E-state index contributed by atoms with van der Waals surface area (Å²) in [5.74, 6) is 0.672. The number of aliphatic hydroxyl groups excluding tert-OH is 1. The summed E-state index contributed by atoms with van der Waals surface area (Å²) in [7, 11) is 1.51. The Hall–Kier alpha value is -2.74. The van der Waals surface area contributed by atoms with Crippen LogP contribution in [0.5, 0.6) is 5.75 Å². The van der Waals surface area contributed by atoms with Gasteiger partial charge >= 0.3 is 6.18 Å². The van der Waals surface area contributed by atoms with Crippen molar-refractivity contribution in [2.45, 2.75) is 18.7 Å². The van der Waals surface area contributed by atoms with Crippen molar-refractivity contribution in [3.05, 3.63) is 59.2 Å². The molecule has 2 rings (SSSR count). The number of methoxy groups -OCH3 is 1. The first-order chi connectivity index (χ1) is 12.2. The SMILES string of the molecule is COc1ccc(N)c(C(O)CCN=C(N)c2ccc(C(F)(F)F)cc2)c1. The number of ether oxygens (including phenoxy) is 1. The molecule has 5 N–H and O–H groups in total. The molecule has 0 saturated carbocycles. The highest BCUT2D eigenvalue weighted by atomic mass is 19.4. The van der Waals surface area contributed by atoms with Crippen LogP contribution >= 0.6 is 0 Å². The highest BCUT2D eigenvalue weighted by Crippen LogP contribution is 2.29. The fourth-order valence-electron chi connectivity index (χ4n) is 2.35. The van der Waals surface area contributed by atoms with Gasteiger partial charge in [0, 0.05) is 23.4 Å². The molecule has 0 spiro atoms. The number of hydrogen-bond donors (Lipinski definition) is 3. The molecule has 0 bridgehead atoms. The number of benzene rings is 2. The van der Waals surface area contributed by atoms with E-state index in [-0.39, 0.29) is 18.8 Å². The van der Waals surface area contributed by atoms with Gasteiger partial charge in [0.2, 0.25) is 0 Å². The Balaban J connectivity index is 2.01. The number of anilines is 1. The summed E-state index contributed by atoms with van der Waals surface area (Å²) in [6.07, 6.45) is -5.02. The van der Waals surface area contributed by atoms with E-state index in [0.29, 0.717) is 22.6 Å². The summed E-state index contributed by atoms with van der Waals surface area (Å²) >= 11 is 0. The van der Waals surface area contributed by atoms with E-state index in [1.165, 1.54) is 19.2 Å². The summed E-state index contributed by atoms with van der Waals surface area (Å²) in [6, 6.07) is 9.38. The number of nitrogen functional groups attached to an aromatic ring is 1. The third-order valence-electron chi connectivity index (χ3n) is 3.85. The Morgan fingerprint density at radius 2 is 1.85 bits per heavy atom. The topological polar surface area (TPSA) is 93.9 Å². The van der Waals surface area contributed by atoms with E-state index in [2.05, 4.69) is 4.99 Å². The lowest BCUT2D eigenvalue weighted by atomic mass is 10.0. The summed E-state index contributed by atoms with van der Waals surface area (Å²) in [5.41, 5.74) is 12.2. The first-order valence-electron chi connectivity index (χ1n) is 7.81. The average molecular weight is 367 g/mol. The van der Waals surface area contributed by atoms with Gasteiger partial charge < -0.3 is 21.3 Å². The maximum absolute atomic E-state index is 12.6. The molecular formula is C18H20F3N3O2. The second kappa shape index (κ2) is 8.09. The van der Waals surface area contributed by atoms with Gasteiger partial charge in [-0.1, -0.05) is 12.1 Å². The van der Waals surface area contributed by atoms with E-state index < -0.39 is 17.8 Å². The number of hydrogen-bond acceptors (Lipinski definition) is 4. The number of nitrogens with two attached hydrogens (primary N) is 2. The molecule has 5 nitrogen and oxygen atoms in total. The lowest BCUT2D eigenvalue weighted by Gasteiger charge is -2.14. The Bertz CT molecular complexity index is 774. The van der Waals surface area contributed by atoms with Gasteiger partial charge in [0.1, 0.15) is 11.6 Å². The summed E-state index contributed by atoms with van der Waals surface area (Å²) < 4.78 is 42.8. The van der Waals surface area contributed by atoms with Gasteiger partial charge in [-0.2, -0.15) is 13.2 Å². The molecular weight excluding hydrogens is 347 g/mol. The Labute approximate surface area is 149 Å². The molecule has 1 unspecified atom stereocenters. The number of halogens is 3. The van der Waals surface area contributed by atoms with Gasteiger partial charge in [0.25, 0.3) is 0 Å². The number of aliphatic hydroxyl groups is 1. The monoisotopic (exact) mass is 367 g/mol. The van der Waals surface area contributed by atoms with Crippen LogP contribution in [0.3, 0.4) is 0 Å². The number of rotatable bonds is 6. The van der Waals surface area contributed by atoms with E-state index in [0.717, 1.165) is 12.1 Å². The van der Waals surface area contributed by atoms with Crippen LogP contribution in [-0.2, 0) is 6.18 Å². The molecule has 2 aromatic rings. The number of amidine groups is 1. The van der Waals surface area contributed by atoms with Crippen molar-refractivity contribution >= 4 is 11.5 Å². The third kappa shape index (κ3) is 4.89. The quantitative estimate of drug-likeness (QED) is 0.415. The minimum absolute atomic E-state index is 0.101. The molecule has 140 valence electrons. The van der Waals surface area contributed by atoms with Crippen molar-refractivity contribution in [3.8, 4) is 5.75 Å². The van der Waals surface area contributed by atoms with Crippen LogP contribution in [0.25, 0.3) is 0 Å². The molecule has 2 aromatic carbocycles. The van der Waals surface area contributed by atoms with Gasteiger partial charge in [-0.25, -0.2) is 0 Å². The standard InChI is InChI=1S/C18H20F3N3O2/c1-26-13-6-7-15(22)14(10-13)16(25)8-9-24-17(23)11-2-4-12(5-3-11)18(19,20)21/h2-7,10,16,25H,8-9,22H2,1H3,(H2,23,24). The van der Waals surface area contributed by atoms with Crippen LogP contribution in [0, 0.1) is 0 Å². The minimum Gasteiger partial charge on any atom is -0.497 e. The van der Waals surface area contributed by atoms with Crippen molar-refractivity contribution < 1.29 is 23.0 Å². The van der Waals surface area contributed by atoms with Crippen molar-refractivity contribution in [2.75, 3.05) is 19.4 Å². The smallest absolute Gasteiger partial charge is 0.416 e. The Kier molecular flexibility index (Phi) is 6.10. The van der Waals surface area contributed by atoms with Crippen LogP contribution in [-0.4, -0.2) is 24.6 Å². The number of alkyl halides is 3. The molecule has 0 heterocycles. The average Bonchev–Trinajstić information content (AvgIpc) is 2.61. The third-order valence-corrected chi connectivity index (χ3v) is 3.85. The molecule has 0 aliphatic rings. The zero-order valence-corrected chi connectivity index (χ0v) is 14.1. The number of aliphatic imine (C=N–C) groups is 1. The van der Waals surface area contributed by atoms with Crippen LogP contribution < -0.4 is 16.2 Å². The van der Waals surface area contributed by atoms with Gasteiger partial charge in [-0.3, -0.25) is 4.99 Å². The zero-order valence-electron chi connectivity index (χ0n) is 14.1. The van der Waals surface area contributed by atoms with Crippen molar-refractivity contribution in [1.82, 2.24) is 0 Å². The van der Waals surface area contributed by atoms with E-state index in [4.69, 9.17) is 16.2 Å². The molecule has 0 amide bonds. The van der Waals surface area contributed by atoms with Gasteiger partial charge in [-0.05, 0) is 36.8 Å². The Morgan fingerprint density at radius 1 is 1.19 bits per heavy atom. The summed E-state index contributed by atoms with van der Waals surface area (Å²) in [6.45, 7) is 0.185. The van der Waals surface area contributed by atoms with E-state index in [1.54, 1.807) is 18.2 Å². The highest BCUT2D eigenvalue weighted by Gasteiger charge is 2.30. The maximum Gasteiger partial charge on any atom is 0.416 e. The molecule has 0 aromatic heterocycles. The maximum atomic E-state index is 12.6. The van der Waals surface area contributed by atoms with Crippen LogP contribution in [0.1, 0.15) is 29.2 Å². The van der Waals surface area contributed by atoms with Crippen LogP contribution in [0.2, 0.25) is 0 Å². The predicted molar refractivity (Wildman–Crippen MR) is 94.0 cm³/mol. The van der Waals surface area contributed by atoms with Crippen molar-refractivity contribution in [3.63, 3.8) is 0 Å². The minimum atomic E-state index is -4.40. The first-order valence-corrected chi connectivity index (χ1v) is 7.81. The second-order valence-corrected chi connectivity index (χ2v) is 5.64. The lowest BCUT2D eigenvalue weighted by molar-refractivity contribution is -0.137. The predicted octanol–water partition coefficient (Wildman–Crippen LogP) is 3.13. The highest BCUT2D eigenvalue weighted by molar-refractivity contribution is 5.97. The second-order valence-electron chi connectivity index (χ2n) is 5.64. The van der Waals surface area contributed by atoms with Crippen molar-refractivity contribution in [2.24, 2.45) is 10.7 Å². The van der Waals surface area contributed by atoms with E-state index in [1.807, 2.05) is 0 Å². The number of nitrogens with zero attached hydrogens (tertiary/aromatic N) is 1. The van der Waals surface area contributed by atoms with Crippen LogP contribution in [0.4, 0.5) is 18.9 Å². The van der Waals surface area contributed by atoms with E-state index >= 15 is 0 Å².